The summed E-state index contributed by atoms with van der Waals surface area (Å²) in [5.74, 6) is -1.04. The summed E-state index contributed by atoms with van der Waals surface area (Å²) in [6.07, 6.45) is 2.99. The van der Waals surface area contributed by atoms with Gasteiger partial charge in [0.2, 0.25) is 0 Å². The van der Waals surface area contributed by atoms with Gasteiger partial charge in [0.05, 0.1) is 19.1 Å². The Balaban J connectivity index is 2.20. The molecular formula is C21H28O5. The smallest absolute Gasteiger partial charge is 0.319 e. The zero-order valence-corrected chi connectivity index (χ0v) is 15.9. The minimum Gasteiger partial charge on any atom is -0.466 e. The van der Waals surface area contributed by atoms with Crippen molar-refractivity contribution in [3.63, 3.8) is 0 Å². The Morgan fingerprint density at radius 3 is 2.31 bits per heavy atom. The maximum atomic E-state index is 12.6. The number of ether oxygens (including phenoxy) is 2. The highest BCUT2D eigenvalue weighted by molar-refractivity contribution is 6.04. The first-order chi connectivity index (χ1) is 12.4. The van der Waals surface area contributed by atoms with Crippen LogP contribution in [0.5, 0.6) is 0 Å². The zero-order valence-electron chi connectivity index (χ0n) is 15.9. The highest BCUT2D eigenvalue weighted by atomic mass is 16.5. The predicted molar refractivity (Wildman–Crippen MR) is 97.7 cm³/mol. The Bertz CT molecular complexity index is 649. The minimum absolute atomic E-state index is 0.0221. The molecular weight excluding hydrogens is 332 g/mol. The molecule has 2 unspecified atom stereocenters. The van der Waals surface area contributed by atoms with Crippen LogP contribution in [0.1, 0.15) is 63.5 Å². The van der Waals surface area contributed by atoms with Gasteiger partial charge >= 0.3 is 11.9 Å². The van der Waals surface area contributed by atoms with Crippen molar-refractivity contribution in [1.29, 1.82) is 0 Å². The third kappa shape index (κ3) is 4.32. The molecule has 2 atom stereocenters. The lowest BCUT2D eigenvalue weighted by Crippen LogP contribution is -2.44. The third-order valence-corrected chi connectivity index (χ3v) is 5.08. The lowest BCUT2D eigenvalue weighted by Gasteiger charge is -2.33. The summed E-state index contributed by atoms with van der Waals surface area (Å²) in [4.78, 5) is 37.1. The van der Waals surface area contributed by atoms with Crippen molar-refractivity contribution >= 4 is 17.7 Å². The minimum atomic E-state index is -1.07. The van der Waals surface area contributed by atoms with Crippen LogP contribution in [0.15, 0.2) is 24.3 Å². The second kappa shape index (κ2) is 8.97. The van der Waals surface area contributed by atoms with Gasteiger partial charge in [-0.1, -0.05) is 30.7 Å². The number of ketones is 1. The Labute approximate surface area is 155 Å². The molecule has 0 aromatic heterocycles. The first kappa shape index (κ1) is 20.1. The highest BCUT2D eigenvalue weighted by Gasteiger charge is 2.47. The number of hydrogen-bond donors (Lipinski definition) is 0. The van der Waals surface area contributed by atoms with Crippen molar-refractivity contribution in [2.75, 3.05) is 13.2 Å². The largest absolute Gasteiger partial charge is 0.466 e. The number of carbonyl (C=O) groups excluding carboxylic acids is 3. The number of Topliss-reactive ketones (excluding diaryl/α,β-unsaturated/α-hetero) is 1. The SMILES string of the molecule is CCOC(=O)C(C)c1ccc(CC2(C(=O)OCC)CCCCC2=O)cc1. The molecule has 1 aliphatic carbocycles. The van der Waals surface area contributed by atoms with Gasteiger partial charge in [0.1, 0.15) is 5.41 Å². The Kier molecular flexibility index (Phi) is 6.95. The van der Waals surface area contributed by atoms with Gasteiger partial charge in [-0.05, 0) is 51.2 Å². The molecule has 0 bridgehead atoms. The highest BCUT2D eigenvalue weighted by Crippen LogP contribution is 2.38. The molecule has 2 rings (SSSR count). The third-order valence-electron chi connectivity index (χ3n) is 5.08. The van der Waals surface area contributed by atoms with Gasteiger partial charge in [0.25, 0.3) is 0 Å². The molecule has 1 aromatic rings. The summed E-state index contributed by atoms with van der Waals surface area (Å²) in [6.45, 7) is 5.96. The average molecular weight is 360 g/mol. The molecule has 5 heteroatoms. The van der Waals surface area contributed by atoms with Gasteiger partial charge in [-0.25, -0.2) is 0 Å². The topological polar surface area (TPSA) is 69.7 Å². The average Bonchev–Trinajstić information content (AvgIpc) is 2.64. The molecule has 0 aliphatic heterocycles. The molecule has 0 amide bonds. The second-order valence-electron chi connectivity index (χ2n) is 6.82. The summed E-state index contributed by atoms with van der Waals surface area (Å²) in [5, 5.41) is 0. The van der Waals surface area contributed by atoms with Crippen LogP contribution in [0.25, 0.3) is 0 Å². The van der Waals surface area contributed by atoms with Crippen molar-refractivity contribution in [3.8, 4) is 0 Å². The van der Waals surface area contributed by atoms with E-state index in [4.69, 9.17) is 9.47 Å². The summed E-state index contributed by atoms with van der Waals surface area (Å²) in [6, 6.07) is 7.49. The standard InChI is InChI=1S/C21H28O5/c1-4-25-19(23)15(3)17-11-9-16(10-12-17)14-21(20(24)26-5-2)13-7-6-8-18(21)22/h9-12,15H,4-8,13-14H2,1-3H3. The number of esters is 2. The fourth-order valence-electron chi connectivity index (χ4n) is 3.51. The van der Waals surface area contributed by atoms with Crippen LogP contribution >= 0.6 is 0 Å². The van der Waals surface area contributed by atoms with Crippen molar-refractivity contribution in [2.24, 2.45) is 5.41 Å². The van der Waals surface area contributed by atoms with Gasteiger partial charge < -0.3 is 9.47 Å². The number of benzene rings is 1. The van der Waals surface area contributed by atoms with E-state index in [2.05, 4.69) is 0 Å². The molecule has 0 N–H and O–H groups in total. The number of hydrogen-bond acceptors (Lipinski definition) is 5. The number of rotatable bonds is 7. The van der Waals surface area contributed by atoms with E-state index < -0.39 is 11.4 Å². The molecule has 1 aromatic carbocycles. The monoisotopic (exact) mass is 360 g/mol. The summed E-state index contributed by atoms with van der Waals surface area (Å²) in [5.41, 5.74) is 0.684. The van der Waals surface area contributed by atoms with E-state index in [0.29, 0.717) is 25.9 Å². The fourth-order valence-corrected chi connectivity index (χ4v) is 3.51. The van der Waals surface area contributed by atoms with E-state index in [-0.39, 0.29) is 24.3 Å². The van der Waals surface area contributed by atoms with Crippen molar-refractivity contribution in [3.05, 3.63) is 35.4 Å². The van der Waals surface area contributed by atoms with Gasteiger partial charge in [-0.15, -0.1) is 0 Å². The lowest BCUT2D eigenvalue weighted by molar-refractivity contribution is -0.162. The van der Waals surface area contributed by atoms with Crippen LogP contribution < -0.4 is 0 Å². The molecule has 1 fully saturated rings. The van der Waals surface area contributed by atoms with E-state index in [1.165, 1.54) is 0 Å². The molecule has 1 aliphatic rings. The van der Waals surface area contributed by atoms with E-state index in [1.54, 1.807) is 20.8 Å². The first-order valence-corrected chi connectivity index (χ1v) is 9.40. The van der Waals surface area contributed by atoms with Gasteiger partial charge in [0, 0.05) is 6.42 Å². The van der Waals surface area contributed by atoms with E-state index in [0.717, 1.165) is 24.0 Å². The van der Waals surface area contributed by atoms with Crippen molar-refractivity contribution < 1.29 is 23.9 Å². The molecule has 0 saturated heterocycles. The summed E-state index contributed by atoms with van der Waals surface area (Å²) in [7, 11) is 0. The van der Waals surface area contributed by atoms with Crippen LogP contribution in [0.3, 0.4) is 0 Å². The molecule has 0 spiro atoms. The van der Waals surface area contributed by atoms with Gasteiger partial charge in [-0.3, -0.25) is 14.4 Å². The summed E-state index contributed by atoms with van der Waals surface area (Å²) >= 11 is 0. The second-order valence-corrected chi connectivity index (χ2v) is 6.82. The van der Waals surface area contributed by atoms with E-state index in [1.807, 2.05) is 24.3 Å². The maximum Gasteiger partial charge on any atom is 0.319 e. The molecule has 0 heterocycles. The van der Waals surface area contributed by atoms with Crippen molar-refractivity contribution in [2.45, 2.75) is 58.8 Å². The van der Waals surface area contributed by atoms with Gasteiger partial charge in [-0.2, -0.15) is 0 Å². The Hall–Kier alpha value is -2.17. The van der Waals surface area contributed by atoms with Crippen molar-refractivity contribution in [1.82, 2.24) is 0 Å². The predicted octanol–water partition coefficient (Wildman–Crippen LogP) is 3.59. The van der Waals surface area contributed by atoms with E-state index >= 15 is 0 Å². The van der Waals surface area contributed by atoms with Crippen LogP contribution in [0, 0.1) is 5.41 Å². The molecule has 5 nitrogen and oxygen atoms in total. The van der Waals surface area contributed by atoms with Crippen LogP contribution in [0.4, 0.5) is 0 Å². The summed E-state index contributed by atoms with van der Waals surface area (Å²) < 4.78 is 10.3. The Morgan fingerprint density at radius 2 is 1.73 bits per heavy atom. The maximum absolute atomic E-state index is 12.6. The van der Waals surface area contributed by atoms with E-state index in [9.17, 15) is 14.4 Å². The zero-order chi connectivity index (χ0) is 19.2. The number of carbonyl (C=O) groups is 3. The van der Waals surface area contributed by atoms with Gasteiger partial charge in [0.15, 0.2) is 5.78 Å². The molecule has 0 radical (unpaired) electrons. The van der Waals surface area contributed by atoms with Crippen LogP contribution in [-0.4, -0.2) is 30.9 Å². The fraction of sp³-hybridized carbons (Fsp3) is 0.571. The molecule has 1 saturated carbocycles. The first-order valence-electron chi connectivity index (χ1n) is 9.40. The van der Waals surface area contributed by atoms with Crippen LogP contribution in [0.2, 0.25) is 0 Å². The lowest BCUT2D eigenvalue weighted by atomic mass is 9.69. The van der Waals surface area contributed by atoms with Crippen LogP contribution in [-0.2, 0) is 30.3 Å². The molecule has 26 heavy (non-hydrogen) atoms. The Morgan fingerprint density at radius 1 is 1.08 bits per heavy atom. The normalized spacial score (nSPS) is 21.1. The molecule has 142 valence electrons. The quantitative estimate of drug-likeness (QED) is 0.549.